The number of nitrogens with one attached hydrogen (secondary N) is 1. The third-order valence-electron chi connectivity index (χ3n) is 3.28. The number of benzene rings is 2. The first kappa shape index (κ1) is 14.8. The summed E-state index contributed by atoms with van der Waals surface area (Å²) in [5, 5.41) is 3.05. The Morgan fingerprint density at radius 1 is 1.10 bits per heavy atom. The van der Waals surface area contributed by atoms with Gasteiger partial charge in [0.15, 0.2) is 0 Å². The van der Waals surface area contributed by atoms with Gasteiger partial charge >= 0.3 is 0 Å². The summed E-state index contributed by atoms with van der Waals surface area (Å²) in [4.78, 5) is 12.4. The van der Waals surface area contributed by atoms with Crippen LogP contribution in [0.15, 0.2) is 46.9 Å². The number of aryl methyl sites for hydroxylation is 1. The monoisotopic (exact) mass is 331 g/mol. The number of carbonyl (C=O) groups excluding carboxylic acids is 1. The van der Waals surface area contributed by atoms with E-state index in [1.54, 1.807) is 0 Å². The molecule has 0 aliphatic rings. The second kappa shape index (κ2) is 6.23. The lowest BCUT2D eigenvalue weighted by atomic mass is 9.98. The number of carbonyl (C=O) groups is 1. The van der Waals surface area contributed by atoms with E-state index in [0.717, 1.165) is 21.3 Å². The first-order valence-electron chi connectivity index (χ1n) is 6.66. The Balaban J connectivity index is 2.36. The maximum absolute atomic E-state index is 12.4. The second-order valence-corrected chi connectivity index (χ2v) is 5.98. The molecule has 0 atom stereocenters. The molecule has 0 heterocycles. The summed E-state index contributed by atoms with van der Waals surface area (Å²) in [6.07, 6.45) is 0. The Morgan fingerprint density at radius 3 is 2.45 bits per heavy atom. The molecular formula is C17H18BrNO. The smallest absolute Gasteiger partial charge is 0.256 e. The van der Waals surface area contributed by atoms with Crippen LogP contribution in [0.4, 0.5) is 5.69 Å². The zero-order valence-electron chi connectivity index (χ0n) is 11.9. The van der Waals surface area contributed by atoms with Crippen LogP contribution in [0.5, 0.6) is 0 Å². The van der Waals surface area contributed by atoms with Crippen LogP contribution < -0.4 is 5.32 Å². The van der Waals surface area contributed by atoms with Crippen molar-refractivity contribution in [3.63, 3.8) is 0 Å². The standard InChI is InChI=1S/C17H18BrNO/c1-11(2)13-9-6-7-12(3)16(13)19-17(20)14-8-4-5-10-15(14)18/h4-11H,1-3H3,(H,19,20). The normalized spacial score (nSPS) is 10.7. The number of hydrogen-bond acceptors (Lipinski definition) is 1. The van der Waals surface area contributed by atoms with Crippen molar-refractivity contribution >= 4 is 27.5 Å². The Bertz CT molecular complexity index is 635. The van der Waals surface area contributed by atoms with Crippen LogP contribution in [-0.2, 0) is 0 Å². The second-order valence-electron chi connectivity index (χ2n) is 5.13. The molecular weight excluding hydrogens is 314 g/mol. The van der Waals surface area contributed by atoms with Crippen molar-refractivity contribution in [2.24, 2.45) is 0 Å². The fourth-order valence-electron chi connectivity index (χ4n) is 2.17. The summed E-state index contributed by atoms with van der Waals surface area (Å²) in [5.74, 6) is 0.276. The molecule has 0 radical (unpaired) electrons. The van der Waals surface area contributed by atoms with Crippen LogP contribution in [0.25, 0.3) is 0 Å². The summed E-state index contributed by atoms with van der Waals surface area (Å²) < 4.78 is 0.803. The van der Waals surface area contributed by atoms with Crippen LogP contribution in [-0.4, -0.2) is 5.91 Å². The summed E-state index contributed by atoms with van der Waals surface area (Å²) in [5.41, 5.74) is 3.80. The van der Waals surface area contributed by atoms with Crippen molar-refractivity contribution in [2.75, 3.05) is 5.32 Å². The van der Waals surface area contributed by atoms with Crippen molar-refractivity contribution in [1.29, 1.82) is 0 Å². The first-order chi connectivity index (χ1) is 9.50. The van der Waals surface area contributed by atoms with Gasteiger partial charge in [0.25, 0.3) is 5.91 Å². The van der Waals surface area contributed by atoms with E-state index in [-0.39, 0.29) is 5.91 Å². The minimum atomic E-state index is -0.0892. The molecule has 2 rings (SSSR count). The summed E-state index contributed by atoms with van der Waals surface area (Å²) in [6, 6.07) is 13.5. The minimum Gasteiger partial charge on any atom is -0.321 e. The number of halogens is 1. The maximum atomic E-state index is 12.4. The van der Waals surface area contributed by atoms with Gasteiger partial charge in [-0.25, -0.2) is 0 Å². The lowest BCUT2D eigenvalue weighted by molar-refractivity contribution is 0.102. The SMILES string of the molecule is Cc1cccc(C(C)C)c1NC(=O)c1ccccc1Br. The summed E-state index contributed by atoms with van der Waals surface area (Å²) >= 11 is 3.42. The molecule has 0 unspecified atom stereocenters. The highest BCUT2D eigenvalue weighted by molar-refractivity contribution is 9.10. The predicted octanol–water partition coefficient (Wildman–Crippen LogP) is 5.13. The summed E-state index contributed by atoms with van der Waals surface area (Å²) in [7, 11) is 0. The molecule has 1 amide bonds. The van der Waals surface area contributed by atoms with Gasteiger partial charge in [0.2, 0.25) is 0 Å². The lowest BCUT2D eigenvalue weighted by Crippen LogP contribution is -2.15. The van der Waals surface area contributed by atoms with Crippen LogP contribution in [0.3, 0.4) is 0 Å². The molecule has 0 fully saturated rings. The van der Waals surface area contributed by atoms with Gasteiger partial charge in [-0.3, -0.25) is 4.79 Å². The Morgan fingerprint density at radius 2 is 1.80 bits per heavy atom. The molecule has 0 saturated heterocycles. The van der Waals surface area contributed by atoms with E-state index >= 15 is 0 Å². The average molecular weight is 332 g/mol. The number of para-hydroxylation sites is 1. The van der Waals surface area contributed by atoms with Gasteiger partial charge in [-0.2, -0.15) is 0 Å². The van der Waals surface area contributed by atoms with Crippen molar-refractivity contribution in [1.82, 2.24) is 0 Å². The molecule has 2 aromatic rings. The summed E-state index contributed by atoms with van der Waals surface area (Å²) in [6.45, 7) is 6.27. The molecule has 1 N–H and O–H groups in total. The lowest BCUT2D eigenvalue weighted by Gasteiger charge is -2.16. The number of anilines is 1. The number of rotatable bonds is 3. The average Bonchev–Trinajstić information content (AvgIpc) is 2.41. The van der Waals surface area contributed by atoms with Crippen LogP contribution in [0, 0.1) is 6.92 Å². The van der Waals surface area contributed by atoms with E-state index in [4.69, 9.17) is 0 Å². The minimum absolute atomic E-state index is 0.0892. The zero-order chi connectivity index (χ0) is 14.7. The molecule has 104 valence electrons. The predicted molar refractivity (Wildman–Crippen MR) is 87.4 cm³/mol. The van der Waals surface area contributed by atoms with Crippen molar-refractivity contribution < 1.29 is 4.79 Å². The van der Waals surface area contributed by atoms with Gasteiger partial charge in [0.1, 0.15) is 0 Å². The van der Waals surface area contributed by atoms with Gasteiger partial charge in [0, 0.05) is 10.2 Å². The number of hydrogen-bond donors (Lipinski definition) is 1. The third kappa shape index (κ3) is 3.10. The highest BCUT2D eigenvalue weighted by atomic mass is 79.9. The van der Waals surface area contributed by atoms with Crippen molar-refractivity contribution in [2.45, 2.75) is 26.7 Å². The molecule has 0 aliphatic carbocycles. The quantitative estimate of drug-likeness (QED) is 0.829. The molecule has 2 nitrogen and oxygen atoms in total. The van der Waals surface area contributed by atoms with E-state index in [1.807, 2.05) is 43.3 Å². The topological polar surface area (TPSA) is 29.1 Å². The van der Waals surface area contributed by atoms with Gasteiger partial charge < -0.3 is 5.32 Å². The third-order valence-corrected chi connectivity index (χ3v) is 3.98. The van der Waals surface area contributed by atoms with E-state index in [9.17, 15) is 4.79 Å². The molecule has 0 bridgehead atoms. The van der Waals surface area contributed by atoms with Gasteiger partial charge in [-0.1, -0.05) is 44.2 Å². The molecule has 20 heavy (non-hydrogen) atoms. The fraction of sp³-hybridized carbons (Fsp3) is 0.235. The van der Waals surface area contributed by atoms with E-state index in [2.05, 4.69) is 41.2 Å². The van der Waals surface area contributed by atoms with Gasteiger partial charge in [-0.15, -0.1) is 0 Å². The van der Waals surface area contributed by atoms with E-state index in [1.165, 1.54) is 0 Å². The van der Waals surface area contributed by atoms with E-state index in [0.29, 0.717) is 11.5 Å². The maximum Gasteiger partial charge on any atom is 0.256 e. The number of amides is 1. The Hall–Kier alpha value is -1.61. The van der Waals surface area contributed by atoms with Crippen LogP contribution >= 0.6 is 15.9 Å². The van der Waals surface area contributed by atoms with E-state index < -0.39 is 0 Å². The Labute approximate surface area is 128 Å². The molecule has 0 saturated carbocycles. The largest absolute Gasteiger partial charge is 0.321 e. The first-order valence-corrected chi connectivity index (χ1v) is 7.45. The van der Waals surface area contributed by atoms with Gasteiger partial charge in [0.05, 0.1) is 5.56 Å². The van der Waals surface area contributed by atoms with Gasteiger partial charge in [-0.05, 0) is 52.0 Å². The molecule has 0 aliphatic heterocycles. The molecule has 3 heteroatoms. The molecule has 2 aromatic carbocycles. The van der Waals surface area contributed by atoms with Crippen LogP contribution in [0.2, 0.25) is 0 Å². The molecule has 0 spiro atoms. The molecule has 0 aromatic heterocycles. The fourth-order valence-corrected chi connectivity index (χ4v) is 2.63. The van der Waals surface area contributed by atoms with Crippen molar-refractivity contribution in [3.05, 3.63) is 63.6 Å². The highest BCUT2D eigenvalue weighted by Crippen LogP contribution is 2.28. The van der Waals surface area contributed by atoms with Crippen LogP contribution in [0.1, 0.15) is 41.3 Å². The van der Waals surface area contributed by atoms with Crippen molar-refractivity contribution in [3.8, 4) is 0 Å². The highest BCUT2D eigenvalue weighted by Gasteiger charge is 2.14. The zero-order valence-corrected chi connectivity index (χ0v) is 13.5. The Kier molecular flexibility index (Phi) is 4.61.